The van der Waals surface area contributed by atoms with Crippen molar-refractivity contribution in [3.8, 4) is 0 Å². The fourth-order valence-corrected chi connectivity index (χ4v) is 1.53. The summed E-state index contributed by atoms with van der Waals surface area (Å²) >= 11 is 0. The van der Waals surface area contributed by atoms with E-state index in [1.54, 1.807) is 14.2 Å². The largest absolute Gasteiger partial charge is 0.382 e. The predicted molar refractivity (Wildman–Crippen MR) is 69.1 cm³/mol. The number of nitrogens with one attached hydrogen (secondary N) is 1. The maximum absolute atomic E-state index is 11.8. The molecule has 0 saturated heterocycles. The lowest BCUT2D eigenvalue weighted by molar-refractivity contribution is -0.123. The molecule has 0 radical (unpaired) electrons. The zero-order valence-electron chi connectivity index (χ0n) is 10.8. The summed E-state index contributed by atoms with van der Waals surface area (Å²) in [6, 6.07) is 8.58. The van der Waals surface area contributed by atoms with Crippen LogP contribution >= 0.6 is 0 Å². The van der Waals surface area contributed by atoms with Crippen molar-refractivity contribution in [2.75, 3.05) is 27.4 Å². The van der Waals surface area contributed by atoms with Gasteiger partial charge in [-0.2, -0.15) is 0 Å². The highest BCUT2D eigenvalue weighted by Crippen LogP contribution is 2.09. The molecule has 18 heavy (non-hydrogen) atoms. The summed E-state index contributed by atoms with van der Waals surface area (Å²) in [6.45, 7) is 0.807. The van der Waals surface area contributed by atoms with Crippen LogP contribution in [-0.2, 0) is 14.3 Å². The van der Waals surface area contributed by atoms with Gasteiger partial charge in [0.25, 0.3) is 0 Å². The summed E-state index contributed by atoms with van der Waals surface area (Å²) in [5, 5.41) is 2.75. The molecule has 5 heteroatoms. The molecule has 0 aliphatic carbocycles. The highest BCUT2D eigenvalue weighted by molar-refractivity contribution is 5.82. The van der Waals surface area contributed by atoms with E-state index < -0.39 is 6.04 Å². The van der Waals surface area contributed by atoms with Gasteiger partial charge in [0.1, 0.15) is 6.04 Å². The normalized spacial score (nSPS) is 13.9. The molecular formula is C13H20N2O3. The van der Waals surface area contributed by atoms with Crippen molar-refractivity contribution in [1.29, 1.82) is 0 Å². The Balaban J connectivity index is 2.45. The topological polar surface area (TPSA) is 73.6 Å². The molecule has 3 N–H and O–H groups in total. The molecule has 0 spiro atoms. The van der Waals surface area contributed by atoms with E-state index in [9.17, 15) is 4.79 Å². The number of amides is 1. The number of benzene rings is 1. The van der Waals surface area contributed by atoms with Crippen LogP contribution < -0.4 is 11.1 Å². The van der Waals surface area contributed by atoms with E-state index in [-0.39, 0.29) is 12.0 Å². The van der Waals surface area contributed by atoms with E-state index >= 15 is 0 Å². The zero-order chi connectivity index (χ0) is 13.4. The first-order valence-electron chi connectivity index (χ1n) is 5.79. The Kier molecular flexibility index (Phi) is 6.35. The second-order valence-electron chi connectivity index (χ2n) is 3.95. The van der Waals surface area contributed by atoms with Crippen molar-refractivity contribution in [2.24, 2.45) is 5.73 Å². The first-order chi connectivity index (χ1) is 8.69. The van der Waals surface area contributed by atoms with Gasteiger partial charge >= 0.3 is 0 Å². The average molecular weight is 252 g/mol. The summed E-state index contributed by atoms with van der Waals surface area (Å²) in [6.07, 6.45) is -0.165. The lowest BCUT2D eigenvalue weighted by Crippen LogP contribution is -2.40. The lowest BCUT2D eigenvalue weighted by Gasteiger charge is -2.17. The summed E-state index contributed by atoms with van der Waals surface area (Å²) < 4.78 is 10.1. The number of carbonyl (C=O) groups is 1. The Morgan fingerprint density at radius 1 is 1.33 bits per heavy atom. The van der Waals surface area contributed by atoms with Crippen molar-refractivity contribution >= 4 is 5.91 Å². The number of hydrogen-bond donors (Lipinski definition) is 2. The van der Waals surface area contributed by atoms with Gasteiger partial charge in [-0.05, 0) is 5.56 Å². The van der Waals surface area contributed by atoms with Crippen LogP contribution in [0, 0.1) is 0 Å². The molecule has 0 heterocycles. The van der Waals surface area contributed by atoms with Gasteiger partial charge in [-0.1, -0.05) is 30.3 Å². The van der Waals surface area contributed by atoms with Gasteiger partial charge in [0, 0.05) is 20.8 Å². The Bertz CT molecular complexity index is 357. The van der Waals surface area contributed by atoms with Crippen molar-refractivity contribution in [1.82, 2.24) is 5.32 Å². The molecule has 0 bridgehead atoms. The molecule has 0 aliphatic heterocycles. The number of ether oxygens (including phenoxy) is 2. The number of carbonyl (C=O) groups excluding carboxylic acids is 1. The van der Waals surface area contributed by atoms with Crippen LogP contribution in [0.15, 0.2) is 30.3 Å². The Hall–Kier alpha value is -1.43. The summed E-state index contributed by atoms with van der Waals surface area (Å²) in [5.74, 6) is -0.223. The van der Waals surface area contributed by atoms with Crippen LogP contribution in [0.4, 0.5) is 0 Å². The van der Waals surface area contributed by atoms with Gasteiger partial charge in [-0.15, -0.1) is 0 Å². The number of rotatable bonds is 7. The van der Waals surface area contributed by atoms with Gasteiger partial charge in [0.05, 0.1) is 12.7 Å². The van der Waals surface area contributed by atoms with Gasteiger partial charge < -0.3 is 20.5 Å². The SMILES string of the molecule is COCC(CNC(=O)[C@@H](N)c1ccccc1)OC. The molecule has 2 atom stereocenters. The van der Waals surface area contributed by atoms with Crippen LogP contribution in [-0.4, -0.2) is 39.4 Å². The summed E-state index contributed by atoms with van der Waals surface area (Å²) in [5.41, 5.74) is 6.64. The summed E-state index contributed by atoms with van der Waals surface area (Å²) in [7, 11) is 3.16. The second-order valence-corrected chi connectivity index (χ2v) is 3.95. The van der Waals surface area contributed by atoms with Gasteiger partial charge in [-0.25, -0.2) is 0 Å². The summed E-state index contributed by atoms with van der Waals surface area (Å²) in [4.78, 5) is 11.8. The molecule has 1 aromatic carbocycles. The molecule has 0 aliphatic rings. The fourth-order valence-electron chi connectivity index (χ4n) is 1.53. The maximum Gasteiger partial charge on any atom is 0.241 e. The Labute approximate surface area is 107 Å². The van der Waals surface area contributed by atoms with Crippen molar-refractivity contribution in [2.45, 2.75) is 12.1 Å². The van der Waals surface area contributed by atoms with Crippen molar-refractivity contribution < 1.29 is 14.3 Å². The molecular weight excluding hydrogens is 232 g/mol. The standard InChI is InChI=1S/C13H20N2O3/c1-17-9-11(18-2)8-15-13(16)12(14)10-6-4-3-5-7-10/h3-7,11-12H,8-9,14H2,1-2H3,(H,15,16)/t11?,12-/m0/s1. The molecule has 1 unspecified atom stereocenters. The van der Waals surface area contributed by atoms with Gasteiger partial charge in [0.15, 0.2) is 0 Å². The molecule has 100 valence electrons. The Morgan fingerprint density at radius 3 is 2.56 bits per heavy atom. The lowest BCUT2D eigenvalue weighted by atomic mass is 10.1. The Morgan fingerprint density at radius 2 is 2.00 bits per heavy atom. The highest BCUT2D eigenvalue weighted by Gasteiger charge is 2.16. The van der Waals surface area contributed by atoms with Crippen LogP contribution in [0.1, 0.15) is 11.6 Å². The predicted octanol–water partition coefficient (Wildman–Crippen LogP) is 0.464. The smallest absolute Gasteiger partial charge is 0.241 e. The number of nitrogens with two attached hydrogens (primary N) is 1. The van der Waals surface area contributed by atoms with Gasteiger partial charge in [-0.3, -0.25) is 4.79 Å². The third kappa shape index (κ3) is 4.44. The average Bonchev–Trinajstić information content (AvgIpc) is 2.43. The van der Waals surface area contributed by atoms with E-state index in [1.165, 1.54) is 0 Å². The molecule has 1 rings (SSSR count). The molecule has 0 aromatic heterocycles. The molecule has 5 nitrogen and oxygen atoms in total. The van der Waals surface area contributed by atoms with E-state index in [0.29, 0.717) is 13.2 Å². The number of hydrogen-bond acceptors (Lipinski definition) is 4. The van der Waals surface area contributed by atoms with Crippen LogP contribution in [0.25, 0.3) is 0 Å². The second kappa shape index (κ2) is 7.81. The minimum atomic E-state index is -0.661. The van der Waals surface area contributed by atoms with E-state index in [4.69, 9.17) is 15.2 Å². The quantitative estimate of drug-likeness (QED) is 0.739. The highest BCUT2D eigenvalue weighted by atomic mass is 16.5. The van der Waals surface area contributed by atoms with Crippen LogP contribution in [0.2, 0.25) is 0 Å². The molecule has 0 saturated carbocycles. The van der Waals surface area contributed by atoms with E-state index in [1.807, 2.05) is 30.3 Å². The van der Waals surface area contributed by atoms with E-state index in [2.05, 4.69) is 5.32 Å². The monoisotopic (exact) mass is 252 g/mol. The first kappa shape index (κ1) is 14.6. The number of methoxy groups -OCH3 is 2. The van der Waals surface area contributed by atoms with Gasteiger partial charge in [0.2, 0.25) is 5.91 Å². The molecule has 0 fully saturated rings. The maximum atomic E-state index is 11.8. The molecule has 1 aromatic rings. The van der Waals surface area contributed by atoms with Crippen LogP contribution in [0.5, 0.6) is 0 Å². The minimum Gasteiger partial charge on any atom is -0.382 e. The molecule has 1 amide bonds. The third-order valence-electron chi connectivity index (χ3n) is 2.63. The van der Waals surface area contributed by atoms with Crippen molar-refractivity contribution in [3.05, 3.63) is 35.9 Å². The fraction of sp³-hybridized carbons (Fsp3) is 0.462. The minimum absolute atomic E-state index is 0.165. The van der Waals surface area contributed by atoms with E-state index in [0.717, 1.165) is 5.56 Å². The zero-order valence-corrected chi connectivity index (χ0v) is 10.8. The van der Waals surface area contributed by atoms with Crippen molar-refractivity contribution in [3.63, 3.8) is 0 Å². The van der Waals surface area contributed by atoms with Crippen LogP contribution in [0.3, 0.4) is 0 Å². The third-order valence-corrected chi connectivity index (χ3v) is 2.63. The first-order valence-corrected chi connectivity index (χ1v) is 5.79.